The zero-order chi connectivity index (χ0) is 23.2. The number of pyridine rings is 2. The van der Waals surface area contributed by atoms with Crippen LogP contribution in [0.1, 0.15) is 29.8 Å². The first-order valence-corrected chi connectivity index (χ1v) is 10.8. The molecule has 2 N–H and O–H groups in total. The quantitative estimate of drug-likeness (QED) is 0.483. The number of nitrogens with zero attached hydrogens (tertiary/aromatic N) is 3. The number of hydrogen-bond donors (Lipinski definition) is 2. The van der Waals surface area contributed by atoms with E-state index < -0.39 is 5.91 Å². The Balaban J connectivity index is 1.40. The van der Waals surface area contributed by atoms with Crippen LogP contribution in [0.4, 0.5) is 11.5 Å². The molecule has 0 aromatic carbocycles. The predicted octanol–water partition coefficient (Wildman–Crippen LogP) is 3.10. The van der Waals surface area contributed by atoms with Gasteiger partial charge in [-0.05, 0) is 37.1 Å². The standard InChI is InChI=1S/C22H22ClN5O5/c23-14-6-7-16(25-12-14)26-22(31)21-20(19-15(33-21)4-3-8-24-19)27-17(29)5-1-2-9-28-10-11-32-13-18(28)30/h3-4,6-8,12H,1-2,5,9-11,13H2,(H,27,29)(H,25,26,31). The van der Waals surface area contributed by atoms with Crippen LogP contribution in [0.2, 0.25) is 5.02 Å². The minimum absolute atomic E-state index is 0.0347. The van der Waals surface area contributed by atoms with Crippen molar-refractivity contribution in [2.75, 3.05) is 36.9 Å². The van der Waals surface area contributed by atoms with Gasteiger partial charge < -0.3 is 24.7 Å². The van der Waals surface area contributed by atoms with Gasteiger partial charge in [0.05, 0.1) is 11.6 Å². The van der Waals surface area contributed by atoms with Crippen molar-refractivity contribution < 1.29 is 23.5 Å². The summed E-state index contributed by atoms with van der Waals surface area (Å²) in [6.07, 6.45) is 4.44. The van der Waals surface area contributed by atoms with Gasteiger partial charge in [0, 0.05) is 31.9 Å². The summed E-state index contributed by atoms with van der Waals surface area (Å²) in [6.45, 7) is 1.78. The average Bonchev–Trinajstić information content (AvgIpc) is 3.18. The number of rotatable bonds is 8. The van der Waals surface area contributed by atoms with Crippen molar-refractivity contribution >= 4 is 51.9 Å². The van der Waals surface area contributed by atoms with E-state index in [0.717, 1.165) is 0 Å². The third-order valence-electron chi connectivity index (χ3n) is 5.05. The Labute approximate surface area is 194 Å². The van der Waals surface area contributed by atoms with E-state index in [0.29, 0.717) is 48.7 Å². The molecular weight excluding hydrogens is 450 g/mol. The summed E-state index contributed by atoms with van der Waals surface area (Å²) >= 11 is 5.83. The zero-order valence-electron chi connectivity index (χ0n) is 17.7. The molecule has 0 atom stereocenters. The smallest absolute Gasteiger partial charge is 0.294 e. The van der Waals surface area contributed by atoms with Crippen molar-refractivity contribution in [1.29, 1.82) is 0 Å². The number of nitrogens with one attached hydrogen (secondary N) is 2. The molecule has 3 aromatic heterocycles. The maximum atomic E-state index is 12.8. The first-order chi connectivity index (χ1) is 16.0. The minimum Gasteiger partial charge on any atom is -0.447 e. The van der Waals surface area contributed by atoms with Crippen LogP contribution in [0, 0.1) is 0 Å². The highest BCUT2D eigenvalue weighted by Gasteiger charge is 2.24. The third-order valence-corrected chi connectivity index (χ3v) is 5.28. The molecule has 1 aliphatic heterocycles. The Morgan fingerprint density at radius 3 is 2.82 bits per heavy atom. The molecule has 0 aliphatic carbocycles. The van der Waals surface area contributed by atoms with E-state index in [1.54, 1.807) is 35.4 Å². The van der Waals surface area contributed by atoms with E-state index in [9.17, 15) is 14.4 Å². The number of furan rings is 1. The molecule has 0 saturated carbocycles. The van der Waals surface area contributed by atoms with Crippen molar-refractivity contribution in [3.63, 3.8) is 0 Å². The highest BCUT2D eigenvalue weighted by atomic mass is 35.5. The summed E-state index contributed by atoms with van der Waals surface area (Å²) in [5, 5.41) is 5.82. The van der Waals surface area contributed by atoms with Crippen LogP contribution in [0.5, 0.6) is 0 Å². The van der Waals surface area contributed by atoms with Crippen LogP contribution in [0.25, 0.3) is 11.1 Å². The Bertz CT molecular complexity index is 1160. The number of halogens is 1. The van der Waals surface area contributed by atoms with Gasteiger partial charge in [0.15, 0.2) is 5.58 Å². The van der Waals surface area contributed by atoms with Crippen LogP contribution in [-0.4, -0.2) is 58.9 Å². The molecule has 4 rings (SSSR count). The van der Waals surface area contributed by atoms with Crippen LogP contribution in [0.15, 0.2) is 41.1 Å². The Morgan fingerprint density at radius 2 is 2.03 bits per heavy atom. The number of anilines is 2. The molecule has 1 saturated heterocycles. The average molecular weight is 472 g/mol. The summed E-state index contributed by atoms with van der Waals surface area (Å²) in [5.41, 5.74) is 0.942. The lowest BCUT2D eigenvalue weighted by Crippen LogP contribution is -2.42. The van der Waals surface area contributed by atoms with Gasteiger partial charge in [-0.1, -0.05) is 11.6 Å². The monoisotopic (exact) mass is 471 g/mol. The number of fused-ring (bicyclic) bond motifs is 1. The van der Waals surface area contributed by atoms with Crippen LogP contribution in [-0.2, 0) is 14.3 Å². The molecule has 0 bridgehead atoms. The van der Waals surface area contributed by atoms with E-state index in [1.165, 1.54) is 6.20 Å². The molecular formula is C22H22ClN5O5. The summed E-state index contributed by atoms with van der Waals surface area (Å²) in [7, 11) is 0. The lowest BCUT2D eigenvalue weighted by Gasteiger charge is -2.26. The summed E-state index contributed by atoms with van der Waals surface area (Å²) in [4.78, 5) is 47.2. The predicted molar refractivity (Wildman–Crippen MR) is 121 cm³/mol. The summed E-state index contributed by atoms with van der Waals surface area (Å²) in [6, 6.07) is 6.48. The molecule has 33 heavy (non-hydrogen) atoms. The molecule has 0 unspecified atom stereocenters. The molecule has 172 valence electrons. The molecule has 1 aliphatic rings. The van der Waals surface area contributed by atoms with E-state index in [4.69, 9.17) is 20.8 Å². The summed E-state index contributed by atoms with van der Waals surface area (Å²) < 4.78 is 10.8. The van der Waals surface area contributed by atoms with Gasteiger partial charge in [-0.25, -0.2) is 4.98 Å². The highest BCUT2D eigenvalue weighted by molar-refractivity contribution is 6.30. The van der Waals surface area contributed by atoms with Gasteiger partial charge in [-0.3, -0.25) is 19.4 Å². The topological polar surface area (TPSA) is 127 Å². The number of morpholine rings is 1. The number of aromatic nitrogens is 2. The lowest BCUT2D eigenvalue weighted by molar-refractivity contribution is -0.142. The number of hydrogen-bond acceptors (Lipinski definition) is 7. The van der Waals surface area contributed by atoms with Crippen LogP contribution >= 0.6 is 11.6 Å². The van der Waals surface area contributed by atoms with E-state index >= 15 is 0 Å². The van der Waals surface area contributed by atoms with E-state index in [2.05, 4.69) is 20.6 Å². The van der Waals surface area contributed by atoms with E-state index in [-0.39, 0.29) is 42.1 Å². The second-order valence-electron chi connectivity index (χ2n) is 7.41. The van der Waals surface area contributed by atoms with Gasteiger partial charge in [-0.15, -0.1) is 0 Å². The zero-order valence-corrected chi connectivity index (χ0v) is 18.4. The lowest BCUT2D eigenvalue weighted by atomic mass is 10.2. The molecule has 4 heterocycles. The molecule has 0 spiro atoms. The van der Waals surface area contributed by atoms with Gasteiger partial charge in [0.2, 0.25) is 17.6 Å². The first kappa shape index (κ1) is 22.7. The first-order valence-electron chi connectivity index (χ1n) is 10.5. The van der Waals surface area contributed by atoms with Crippen molar-refractivity contribution in [2.45, 2.75) is 19.3 Å². The fourth-order valence-corrected chi connectivity index (χ4v) is 3.52. The minimum atomic E-state index is -0.580. The fourth-order valence-electron chi connectivity index (χ4n) is 3.40. The molecule has 10 nitrogen and oxygen atoms in total. The van der Waals surface area contributed by atoms with Crippen molar-refractivity contribution in [3.05, 3.63) is 47.4 Å². The maximum Gasteiger partial charge on any atom is 0.294 e. The SMILES string of the molecule is O=C(CCCCN1CCOCC1=O)Nc1c(C(=O)Nc2ccc(Cl)cn2)oc2cccnc12. The Hall–Kier alpha value is -3.50. The largest absolute Gasteiger partial charge is 0.447 e. The number of unbranched alkanes of at least 4 members (excludes halogenated alkanes) is 1. The molecule has 3 amide bonds. The normalized spacial score (nSPS) is 13.8. The van der Waals surface area contributed by atoms with Crippen LogP contribution < -0.4 is 10.6 Å². The molecule has 0 radical (unpaired) electrons. The van der Waals surface area contributed by atoms with Crippen LogP contribution in [0.3, 0.4) is 0 Å². The van der Waals surface area contributed by atoms with Gasteiger partial charge in [-0.2, -0.15) is 0 Å². The number of carbonyl (C=O) groups is 3. The number of ether oxygens (including phenoxy) is 1. The maximum absolute atomic E-state index is 12.8. The van der Waals surface area contributed by atoms with Crippen molar-refractivity contribution in [1.82, 2.24) is 14.9 Å². The number of carbonyl (C=O) groups excluding carboxylic acids is 3. The van der Waals surface area contributed by atoms with E-state index in [1.807, 2.05) is 0 Å². The second-order valence-corrected chi connectivity index (χ2v) is 7.85. The summed E-state index contributed by atoms with van der Waals surface area (Å²) in [5.74, 6) is -0.688. The van der Waals surface area contributed by atoms with Crippen molar-refractivity contribution in [2.24, 2.45) is 0 Å². The van der Waals surface area contributed by atoms with Gasteiger partial charge >= 0.3 is 0 Å². The number of amides is 3. The third kappa shape index (κ3) is 5.65. The molecule has 3 aromatic rings. The Morgan fingerprint density at radius 1 is 1.15 bits per heavy atom. The molecule has 11 heteroatoms. The fraction of sp³-hybridized carbons (Fsp3) is 0.318. The van der Waals surface area contributed by atoms with Crippen molar-refractivity contribution in [3.8, 4) is 0 Å². The Kier molecular flexibility index (Phi) is 7.16. The van der Waals surface area contributed by atoms with Gasteiger partial charge in [0.25, 0.3) is 5.91 Å². The van der Waals surface area contributed by atoms with Gasteiger partial charge in [0.1, 0.15) is 23.6 Å². The molecule has 1 fully saturated rings. The highest BCUT2D eigenvalue weighted by Crippen LogP contribution is 2.30. The second kappa shape index (κ2) is 10.4.